The third-order valence-electron chi connectivity index (χ3n) is 6.45. The Bertz CT molecular complexity index is 910. The van der Waals surface area contributed by atoms with Crippen molar-refractivity contribution in [2.24, 2.45) is 17.6 Å². The van der Waals surface area contributed by atoms with E-state index in [1.54, 1.807) is 13.8 Å². The van der Waals surface area contributed by atoms with Gasteiger partial charge < -0.3 is 20.5 Å². The fourth-order valence-electron chi connectivity index (χ4n) is 4.25. The van der Waals surface area contributed by atoms with Gasteiger partial charge in [0.15, 0.2) is 0 Å². The monoisotopic (exact) mass is 624 g/mol. The predicted octanol–water partition coefficient (Wildman–Crippen LogP) is 4.13. The maximum atomic E-state index is 13.2. The second kappa shape index (κ2) is 15.8. The highest BCUT2D eigenvalue weighted by molar-refractivity contribution is 7.67. The molecule has 0 radical (unpaired) electrons. The van der Waals surface area contributed by atoms with Crippen LogP contribution in [0.1, 0.15) is 52.4 Å². The van der Waals surface area contributed by atoms with E-state index in [2.05, 4.69) is 18.9 Å². The van der Waals surface area contributed by atoms with E-state index in [4.69, 9.17) is 32.9 Å². The van der Waals surface area contributed by atoms with E-state index in [9.17, 15) is 18.5 Å². The number of nitrogens with two attached hydrogens (primary N) is 1. The molecular formula is C21H43N2O13P3. The van der Waals surface area contributed by atoms with Gasteiger partial charge in [-0.1, -0.05) is 26.7 Å². The molecule has 1 aliphatic carbocycles. The third-order valence-corrected chi connectivity index (χ3v) is 11.9. The van der Waals surface area contributed by atoms with Crippen molar-refractivity contribution in [2.45, 2.75) is 76.9 Å². The molecule has 1 aliphatic heterocycles. The van der Waals surface area contributed by atoms with E-state index in [-0.39, 0.29) is 24.5 Å². The van der Waals surface area contributed by atoms with Crippen molar-refractivity contribution in [1.82, 2.24) is 5.32 Å². The van der Waals surface area contributed by atoms with Crippen LogP contribution in [0.4, 0.5) is 0 Å². The quantitative estimate of drug-likeness (QED) is 0.164. The van der Waals surface area contributed by atoms with Crippen LogP contribution in [0.2, 0.25) is 0 Å². The van der Waals surface area contributed by atoms with E-state index >= 15 is 0 Å². The number of hydrogen-bond donors (Lipinski definition) is 2. The van der Waals surface area contributed by atoms with Gasteiger partial charge in [0.05, 0.1) is 18.8 Å². The molecule has 0 spiro atoms. The molecule has 6 atom stereocenters. The summed E-state index contributed by atoms with van der Waals surface area (Å²) in [4.78, 5) is 11.8. The van der Waals surface area contributed by atoms with Crippen molar-refractivity contribution in [3.05, 3.63) is 0 Å². The molecule has 230 valence electrons. The molecule has 0 aromatic carbocycles. The Morgan fingerprint density at radius 1 is 0.949 bits per heavy atom. The average molecular weight is 624 g/mol. The lowest BCUT2D eigenvalue weighted by atomic mass is 9.97. The van der Waals surface area contributed by atoms with Gasteiger partial charge in [0.1, 0.15) is 12.3 Å². The SMILES string of the molecule is COP(=O)(OC)OP(=O)(OC)OP(=O)(OC)OCC1O[C@@H](C2CCCC2)C[C@H]1OC(N)CCNC(=O)C(C)C. The second-order valence-electron chi connectivity index (χ2n) is 9.47. The van der Waals surface area contributed by atoms with Crippen LogP contribution in [0.3, 0.4) is 0 Å². The molecular weight excluding hydrogens is 581 g/mol. The van der Waals surface area contributed by atoms with Crippen LogP contribution in [-0.4, -0.2) is 72.0 Å². The van der Waals surface area contributed by atoms with E-state index in [0.29, 0.717) is 25.3 Å². The molecule has 1 saturated carbocycles. The molecule has 0 bridgehead atoms. The number of phosphoric acid groups is 3. The molecule has 0 aromatic rings. The number of rotatable bonds is 18. The summed E-state index contributed by atoms with van der Waals surface area (Å²) in [6.45, 7) is 3.59. The summed E-state index contributed by atoms with van der Waals surface area (Å²) in [5, 5.41) is 2.79. The highest BCUT2D eigenvalue weighted by Gasteiger charge is 2.47. The van der Waals surface area contributed by atoms with Gasteiger partial charge in [0.25, 0.3) is 0 Å². The van der Waals surface area contributed by atoms with E-state index < -0.39 is 41.9 Å². The molecule has 1 amide bonds. The summed E-state index contributed by atoms with van der Waals surface area (Å²) in [5.41, 5.74) is 6.18. The molecule has 39 heavy (non-hydrogen) atoms. The smallest absolute Gasteiger partial charge is 0.369 e. The Morgan fingerprint density at radius 2 is 1.51 bits per heavy atom. The van der Waals surface area contributed by atoms with Crippen molar-refractivity contribution in [1.29, 1.82) is 0 Å². The number of hydrogen-bond acceptors (Lipinski definition) is 14. The van der Waals surface area contributed by atoms with Crippen LogP contribution in [0, 0.1) is 11.8 Å². The fourth-order valence-corrected chi connectivity index (χ4v) is 8.70. The summed E-state index contributed by atoms with van der Waals surface area (Å²) in [7, 11) is -9.87. The summed E-state index contributed by atoms with van der Waals surface area (Å²) in [6, 6.07) is 0. The van der Waals surface area contributed by atoms with Gasteiger partial charge in [0, 0.05) is 53.7 Å². The minimum atomic E-state index is -4.80. The zero-order valence-corrected chi connectivity index (χ0v) is 26.0. The Morgan fingerprint density at radius 3 is 2.05 bits per heavy atom. The lowest BCUT2D eigenvalue weighted by Crippen LogP contribution is -2.39. The highest BCUT2D eigenvalue weighted by Crippen LogP contribution is 2.72. The first-order valence-electron chi connectivity index (χ1n) is 12.8. The zero-order valence-electron chi connectivity index (χ0n) is 23.3. The summed E-state index contributed by atoms with van der Waals surface area (Å²) in [5.74, 6) is 0.110. The van der Waals surface area contributed by atoms with Crippen molar-refractivity contribution in [3.63, 3.8) is 0 Å². The summed E-state index contributed by atoms with van der Waals surface area (Å²) < 4.78 is 84.4. The standard InChI is InChI=1S/C21H43N2O13P3/c1-15(2)21(24)23-12-11-20(22)34-18-13-17(16-9-7-8-10-16)33-19(18)14-32-38(26,30-5)36-39(27,31-6)35-37(25,28-3)29-4/h15-20H,7-14,22H2,1-6H3,(H,23,24)/t17-,18-,19?,20?,38?,39?/m1/s1. The minimum Gasteiger partial charge on any atom is -0.369 e. The van der Waals surface area contributed by atoms with Gasteiger partial charge in [-0.2, -0.15) is 8.62 Å². The topological polar surface area (TPSA) is 189 Å². The van der Waals surface area contributed by atoms with Crippen LogP contribution in [-0.2, 0) is 59.2 Å². The Balaban J connectivity index is 2.06. The second-order valence-corrected chi connectivity index (χ2v) is 15.2. The Labute approximate surface area is 230 Å². The van der Waals surface area contributed by atoms with Crippen molar-refractivity contribution in [3.8, 4) is 0 Å². The molecule has 2 aliphatic rings. The van der Waals surface area contributed by atoms with Crippen LogP contribution < -0.4 is 11.1 Å². The zero-order chi connectivity index (χ0) is 29.3. The molecule has 0 aromatic heterocycles. The van der Waals surface area contributed by atoms with Crippen LogP contribution >= 0.6 is 23.5 Å². The molecule has 2 rings (SSSR count). The maximum absolute atomic E-state index is 13.2. The molecule has 18 heteroatoms. The number of carbonyl (C=O) groups excluding carboxylic acids is 1. The Hall–Kier alpha value is -0.240. The molecule has 1 saturated heterocycles. The summed E-state index contributed by atoms with van der Waals surface area (Å²) in [6.07, 6.45) is 3.09. The third kappa shape index (κ3) is 10.8. The lowest BCUT2D eigenvalue weighted by Gasteiger charge is -2.26. The van der Waals surface area contributed by atoms with E-state index in [1.165, 1.54) is 0 Å². The average Bonchev–Trinajstić information content (AvgIpc) is 3.57. The van der Waals surface area contributed by atoms with Crippen LogP contribution in [0.5, 0.6) is 0 Å². The largest absolute Gasteiger partial charge is 0.492 e. The predicted molar refractivity (Wildman–Crippen MR) is 140 cm³/mol. The number of phosphoric ester groups is 2. The first-order chi connectivity index (χ1) is 18.3. The van der Waals surface area contributed by atoms with Gasteiger partial charge in [-0.05, 0) is 18.8 Å². The first kappa shape index (κ1) is 35.0. The van der Waals surface area contributed by atoms with Crippen LogP contribution in [0.25, 0.3) is 0 Å². The molecule has 2 fully saturated rings. The fraction of sp³-hybridized carbons (Fsp3) is 0.952. The molecule has 1 heterocycles. The minimum absolute atomic E-state index is 0.0843. The van der Waals surface area contributed by atoms with Gasteiger partial charge >= 0.3 is 23.5 Å². The first-order valence-corrected chi connectivity index (χ1v) is 17.1. The number of nitrogens with one attached hydrogen (secondary N) is 1. The number of carbonyl (C=O) groups is 1. The number of ether oxygens (including phenoxy) is 2. The van der Waals surface area contributed by atoms with Gasteiger partial charge in [-0.3, -0.25) is 27.4 Å². The Kier molecular flexibility index (Phi) is 14.2. The number of amides is 1. The van der Waals surface area contributed by atoms with Gasteiger partial charge in [-0.25, -0.2) is 13.7 Å². The van der Waals surface area contributed by atoms with Crippen molar-refractivity contribution >= 4 is 29.4 Å². The maximum Gasteiger partial charge on any atom is 0.492 e. The lowest BCUT2D eigenvalue weighted by molar-refractivity contribution is -0.124. The van der Waals surface area contributed by atoms with E-state index in [0.717, 1.165) is 54.1 Å². The highest BCUT2D eigenvalue weighted by atomic mass is 31.3. The molecule has 4 unspecified atom stereocenters. The van der Waals surface area contributed by atoms with Gasteiger partial charge in [-0.15, -0.1) is 0 Å². The van der Waals surface area contributed by atoms with Crippen LogP contribution in [0.15, 0.2) is 0 Å². The van der Waals surface area contributed by atoms with Crippen molar-refractivity contribution < 1.29 is 59.2 Å². The van der Waals surface area contributed by atoms with Crippen molar-refractivity contribution in [2.75, 3.05) is 41.6 Å². The normalized spacial score (nSPS) is 26.4. The summed E-state index contributed by atoms with van der Waals surface area (Å²) >= 11 is 0. The molecule has 15 nitrogen and oxygen atoms in total. The molecule has 3 N–H and O–H groups in total. The van der Waals surface area contributed by atoms with Gasteiger partial charge in [0.2, 0.25) is 5.91 Å². The van der Waals surface area contributed by atoms with E-state index in [1.807, 2.05) is 0 Å².